The van der Waals surface area contributed by atoms with Crippen molar-refractivity contribution in [2.75, 3.05) is 0 Å². The third-order valence-electron chi connectivity index (χ3n) is 3.04. The summed E-state index contributed by atoms with van der Waals surface area (Å²) in [5, 5.41) is 9.95. The molecular weight excluding hydrogens is 354 g/mol. The van der Waals surface area contributed by atoms with Gasteiger partial charge in [0.2, 0.25) is 5.76 Å². The van der Waals surface area contributed by atoms with E-state index in [1.165, 1.54) is 0 Å². The van der Waals surface area contributed by atoms with Crippen molar-refractivity contribution in [3.63, 3.8) is 0 Å². The number of hydrogen-bond donors (Lipinski definition) is 0. The summed E-state index contributed by atoms with van der Waals surface area (Å²) in [6.07, 6.45) is 0. The molecule has 0 aliphatic rings. The van der Waals surface area contributed by atoms with E-state index in [2.05, 4.69) is 15.9 Å². The van der Waals surface area contributed by atoms with Crippen molar-refractivity contribution in [2.24, 2.45) is 0 Å². The lowest BCUT2D eigenvalue weighted by atomic mass is 10.2. The summed E-state index contributed by atoms with van der Waals surface area (Å²) in [6, 6.07) is 14.9. The maximum absolute atomic E-state index is 9.18. The molecule has 0 aliphatic carbocycles. The first-order chi connectivity index (χ1) is 10.2. The molecule has 0 amide bonds. The summed E-state index contributed by atoms with van der Waals surface area (Å²) in [7, 11) is 0. The monoisotopic (exact) mass is 361 g/mol. The Balaban J connectivity index is 2.05. The van der Waals surface area contributed by atoms with Crippen LogP contribution in [0.3, 0.4) is 0 Å². The fourth-order valence-corrected chi connectivity index (χ4v) is 2.91. The highest BCUT2D eigenvalue weighted by atomic mass is 79.9. The molecule has 0 saturated carbocycles. The van der Waals surface area contributed by atoms with E-state index in [1.54, 1.807) is 6.07 Å². The van der Waals surface area contributed by atoms with Crippen molar-refractivity contribution in [3.8, 4) is 17.6 Å². The van der Waals surface area contributed by atoms with Gasteiger partial charge in [-0.1, -0.05) is 34.1 Å². The molecule has 2 aromatic carbocycles. The van der Waals surface area contributed by atoms with Crippen LogP contribution in [0.2, 0.25) is 0 Å². The van der Waals surface area contributed by atoms with Gasteiger partial charge in [0.15, 0.2) is 5.75 Å². The fourth-order valence-electron chi connectivity index (χ4n) is 2.01. The Kier molecular flexibility index (Phi) is 3.87. The highest BCUT2D eigenvalue weighted by molar-refractivity contribution is 9.10. The third kappa shape index (κ3) is 2.63. The van der Waals surface area contributed by atoms with E-state index >= 15 is 0 Å². The largest absolute Gasteiger partial charge is 0.452 e. The number of rotatable bonds is 3. The van der Waals surface area contributed by atoms with Crippen molar-refractivity contribution < 1.29 is 9.15 Å². The van der Waals surface area contributed by atoms with Crippen LogP contribution >= 0.6 is 27.5 Å². The molecule has 5 heteroatoms. The van der Waals surface area contributed by atoms with Gasteiger partial charge in [0.1, 0.15) is 17.4 Å². The van der Waals surface area contributed by atoms with Crippen LogP contribution in [0.15, 0.2) is 51.4 Å². The van der Waals surface area contributed by atoms with Crippen LogP contribution in [0.1, 0.15) is 11.3 Å². The molecule has 0 N–H and O–H groups in total. The highest BCUT2D eigenvalue weighted by Gasteiger charge is 2.16. The molecule has 1 aromatic heterocycles. The first-order valence-corrected chi connectivity index (χ1v) is 7.49. The van der Waals surface area contributed by atoms with Crippen LogP contribution < -0.4 is 4.74 Å². The fraction of sp³-hybridized carbons (Fsp3) is 0.0625. The molecule has 104 valence electrons. The molecule has 3 rings (SSSR count). The van der Waals surface area contributed by atoms with Crippen molar-refractivity contribution in [1.82, 2.24) is 0 Å². The summed E-state index contributed by atoms with van der Waals surface area (Å²) < 4.78 is 12.2. The van der Waals surface area contributed by atoms with Gasteiger partial charge in [0.05, 0.1) is 5.39 Å². The molecule has 0 bridgehead atoms. The average molecular weight is 363 g/mol. The summed E-state index contributed by atoms with van der Waals surface area (Å²) in [6.45, 7) is 0. The summed E-state index contributed by atoms with van der Waals surface area (Å²) in [5.41, 5.74) is 1.60. The number of hydrogen-bond acceptors (Lipinski definition) is 3. The number of halogens is 2. The number of fused-ring (bicyclic) bond motifs is 1. The molecular formula is C16H9BrClNO2. The minimum atomic E-state index is 0.161. The molecule has 0 fully saturated rings. The summed E-state index contributed by atoms with van der Waals surface area (Å²) >= 11 is 9.27. The Hall–Kier alpha value is -1.96. The average Bonchev–Trinajstić information content (AvgIpc) is 2.86. The topological polar surface area (TPSA) is 46.2 Å². The van der Waals surface area contributed by atoms with Crippen LogP contribution in [0.5, 0.6) is 11.5 Å². The van der Waals surface area contributed by atoms with Gasteiger partial charge >= 0.3 is 0 Å². The summed E-state index contributed by atoms with van der Waals surface area (Å²) in [4.78, 5) is 0. The molecule has 0 radical (unpaired) electrons. The number of furan rings is 1. The van der Waals surface area contributed by atoms with Crippen molar-refractivity contribution >= 4 is 38.5 Å². The van der Waals surface area contributed by atoms with E-state index in [0.29, 0.717) is 23.0 Å². The van der Waals surface area contributed by atoms with E-state index in [9.17, 15) is 5.26 Å². The van der Waals surface area contributed by atoms with Crippen molar-refractivity contribution in [2.45, 2.75) is 5.88 Å². The predicted molar refractivity (Wildman–Crippen MR) is 84.7 cm³/mol. The molecule has 21 heavy (non-hydrogen) atoms. The van der Waals surface area contributed by atoms with Gasteiger partial charge < -0.3 is 9.15 Å². The SMILES string of the molecule is N#Cc1oc2ccccc2c1Oc1ccc(CCl)c(Br)c1. The lowest BCUT2D eigenvalue weighted by molar-refractivity contribution is 0.466. The van der Waals surface area contributed by atoms with Crippen LogP contribution in [-0.2, 0) is 5.88 Å². The Morgan fingerprint density at radius 1 is 1.24 bits per heavy atom. The van der Waals surface area contributed by atoms with Gasteiger partial charge in [-0.2, -0.15) is 5.26 Å². The predicted octanol–water partition coefficient (Wildman–Crippen LogP) is 5.60. The first kappa shape index (κ1) is 14.0. The lowest BCUT2D eigenvalue weighted by Crippen LogP contribution is -1.87. The second kappa shape index (κ2) is 5.80. The number of ether oxygens (including phenoxy) is 1. The first-order valence-electron chi connectivity index (χ1n) is 6.17. The highest BCUT2D eigenvalue weighted by Crippen LogP contribution is 2.36. The van der Waals surface area contributed by atoms with Gasteiger partial charge in [-0.05, 0) is 29.8 Å². The minimum absolute atomic E-state index is 0.161. The zero-order valence-corrected chi connectivity index (χ0v) is 13.1. The molecule has 0 atom stereocenters. The molecule has 3 nitrogen and oxygen atoms in total. The van der Waals surface area contributed by atoms with Gasteiger partial charge in [-0.25, -0.2) is 0 Å². The van der Waals surface area contributed by atoms with Crippen LogP contribution in [0, 0.1) is 11.3 Å². The van der Waals surface area contributed by atoms with Crippen LogP contribution in [0.25, 0.3) is 11.0 Å². The normalized spacial score (nSPS) is 10.5. The van der Waals surface area contributed by atoms with Crippen molar-refractivity contribution in [3.05, 3.63) is 58.3 Å². The molecule has 1 heterocycles. The van der Waals surface area contributed by atoms with E-state index < -0.39 is 0 Å². The maximum atomic E-state index is 9.18. The molecule has 3 aromatic rings. The Labute approximate surface area is 134 Å². The molecule has 0 spiro atoms. The smallest absolute Gasteiger partial charge is 0.247 e. The van der Waals surface area contributed by atoms with E-state index in [0.717, 1.165) is 15.4 Å². The second-order valence-electron chi connectivity index (χ2n) is 4.36. The van der Waals surface area contributed by atoms with Gasteiger partial charge in [0.25, 0.3) is 0 Å². The van der Waals surface area contributed by atoms with Crippen molar-refractivity contribution in [1.29, 1.82) is 5.26 Å². The standard InChI is InChI=1S/C16H9BrClNO2/c17-13-7-11(6-5-10(13)8-18)20-16-12-3-1-2-4-14(12)21-15(16)9-19/h1-7H,8H2. The number of benzene rings is 2. The second-order valence-corrected chi connectivity index (χ2v) is 5.48. The van der Waals surface area contributed by atoms with Gasteiger partial charge in [0, 0.05) is 10.4 Å². The van der Waals surface area contributed by atoms with E-state index in [4.69, 9.17) is 20.8 Å². The minimum Gasteiger partial charge on any atom is -0.452 e. The van der Waals surface area contributed by atoms with Gasteiger partial charge in [-0.15, -0.1) is 11.6 Å². The number of alkyl halides is 1. The molecule has 0 aliphatic heterocycles. The Morgan fingerprint density at radius 2 is 2.05 bits per heavy atom. The van der Waals surface area contributed by atoms with Gasteiger partial charge in [-0.3, -0.25) is 0 Å². The summed E-state index contributed by atoms with van der Waals surface area (Å²) in [5.74, 6) is 1.62. The lowest BCUT2D eigenvalue weighted by Gasteiger charge is -2.06. The Morgan fingerprint density at radius 3 is 2.76 bits per heavy atom. The number of nitriles is 1. The van der Waals surface area contributed by atoms with E-state index in [-0.39, 0.29) is 5.76 Å². The quantitative estimate of drug-likeness (QED) is 0.570. The maximum Gasteiger partial charge on any atom is 0.247 e. The number of para-hydroxylation sites is 1. The molecule has 0 unspecified atom stereocenters. The zero-order chi connectivity index (χ0) is 14.8. The third-order valence-corrected chi connectivity index (χ3v) is 4.07. The Bertz CT molecular complexity index is 851. The van der Waals surface area contributed by atoms with Crippen LogP contribution in [0.4, 0.5) is 0 Å². The van der Waals surface area contributed by atoms with E-state index in [1.807, 2.05) is 42.5 Å². The molecule has 0 saturated heterocycles. The zero-order valence-electron chi connectivity index (χ0n) is 10.8. The number of nitrogens with zero attached hydrogens (tertiary/aromatic N) is 1. The van der Waals surface area contributed by atoms with Crippen LogP contribution in [-0.4, -0.2) is 0 Å².